The highest BCUT2D eigenvalue weighted by molar-refractivity contribution is 5.88. The Bertz CT molecular complexity index is 877. The van der Waals surface area contributed by atoms with Crippen LogP contribution in [0.2, 0.25) is 0 Å². The summed E-state index contributed by atoms with van der Waals surface area (Å²) in [5.41, 5.74) is 3.46. The molecule has 1 amide bonds. The molecule has 1 aliphatic heterocycles. The van der Waals surface area contributed by atoms with E-state index in [1.165, 1.54) is 16.5 Å². The van der Waals surface area contributed by atoms with Gasteiger partial charge in [-0.2, -0.15) is 5.26 Å². The van der Waals surface area contributed by atoms with E-state index in [4.69, 9.17) is 0 Å². The van der Waals surface area contributed by atoms with Crippen LogP contribution in [-0.4, -0.2) is 28.4 Å². The first-order chi connectivity index (χ1) is 12.5. The highest BCUT2D eigenvalue weighted by atomic mass is 16.2. The van der Waals surface area contributed by atoms with Gasteiger partial charge in [0.15, 0.2) is 0 Å². The van der Waals surface area contributed by atoms with Crippen molar-refractivity contribution in [3.8, 4) is 6.07 Å². The van der Waals surface area contributed by atoms with Crippen molar-refractivity contribution in [2.75, 3.05) is 6.54 Å². The Morgan fingerprint density at radius 1 is 1.46 bits per heavy atom. The van der Waals surface area contributed by atoms with Crippen LogP contribution < -0.4 is 0 Å². The quantitative estimate of drug-likeness (QED) is 0.876. The molecule has 2 bridgehead atoms. The Morgan fingerprint density at radius 2 is 2.31 bits per heavy atom. The van der Waals surface area contributed by atoms with Gasteiger partial charge in [-0.15, -0.1) is 0 Å². The van der Waals surface area contributed by atoms with E-state index >= 15 is 0 Å². The average Bonchev–Trinajstić information content (AvgIpc) is 3.07. The van der Waals surface area contributed by atoms with Gasteiger partial charge < -0.3 is 9.88 Å². The number of aromatic amines is 1. The molecule has 1 N–H and O–H groups in total. The zero-order chi connectivity index (χ0) is 18.3. The van der Waals surface area contributed by atoms with E-state index in [-0.39, 0.29) is 23.3 Å². The molecule has 3 unspecified atom stereocenters. The Labute approximate surface area is 155 Å². The van der Waals surface area contributed by atoms with Crippen molar-refractivity contribution in [2.24, 2.45) is 5.41 Å². The maximum Gasteiger partial charge on any atom is 0.223 e. The van der Waals surface area contributed by atoms with Crippen LogP contribution in [-0.2, 0) is 4.79 Å². The van der Waals surface area contributed by atoms with Gasteiger partial charge in [-0.25, -0.2) is 0 Å². The molecule has 1 saturated heterocycles. The van der Waals surface area contributed by atoms with Crippen LogP contribution in [0.3, 0.4) is 0 Å². The monoisotopic (exact) mass is 349 g/mol. The topological polar surface area (TPSA) is 59.9 Å². The number of H-pyrrole nitrogens is 1. The maximum absolute atomic E-state index is 13.1. The molecule has 26 heavy (non-hydrogen) atoms. The van der Waals surface area contributed by atoms with E-state index in [2.05, 4.69) is 54.2 Å². The number of benzene rings is 1. The van der Waals surface area contributed by atoms with Crippen LogP contribution in [0.15, 0.2) is 24.4 Å². The minimum Gasteiger partial charge on any atom is -0.361 e. The van der Waals surface area contributed by atoms with Crippen molar-refractivity contribution in [1.82, 2.24) is 9.88 Å². The van der Waals surface area contributed by atoms with E-state index in [1.54, 1.807) is 0 Å². The van der Waals surface area contributed by atoms with Gasteiger partial charge in [0.1, 0.15) is 0 Å². The average molecular weight is 349 g/mol. The number of aryl methyl sites for hydroxylation is 1. The summed E-state index contributed by atoms with van der Waals surface area (Å²) >= 11 is 0. The predicted molar refractivity (Wildman–Crippen MR) is 103 cm³/mol. The second-order valence-corrected chi connectivity index (χ2v) is 8.33. The Hall–Kier alpha value is -2.28. The lowest BCUT2D eigenvalue weighted by Crippen LogP contribution is -2.51. The first-order valence-corrected chi connectivity index (χ1v) is 9.80. The number of nitrogens with one attached hydrogen (secondary N) is 1. The van der Waals surface area contributed by atoms with Crippen LogP contribution in [0.4, 0.5) is 0 Å². The smallest absolute Gasteiger partial charge is 0.223 e. The van der Waals surface area contributed by atoms with Gasteiger partial charge in [0.25, 0.3) is 0 Å². The number of hydrogen-bond acceptors (Lipinski definition) is 2. The van der Waals surface area contributed by atoms with Crippen LogP contribution in [0.5, 0.6) is 0 Å². The van der Waals surface area contributed by atoms with Gasteiger partial charge in [-0.1, -0.05) is 19.1 Å². The Kier molecular flexibility index (Phi) is 4.26. The molecule has 4 rings (SSSR count). The number of rotatable bonds is 3. The van der Waals surface area contributed by atoms with Crippen LogP contribution in [0.25, 0.3) is 10.9 Å². The van der Waals surface area contributed by atoms with Crippen LogP contribution in [0, 0.1) is 23.7 Å². The number of fused-ring (bicyclic) bond motifs is 3. The third-order valence-corrected chi connectivity index (χ3v) is 6.60. The summed E-state index contributed by atoms with van der Waals surface area (Å²) in [6.07, 6.45) is 7.44. The number of amides is 1. The van der Waals surface area contributed by atoms with E-state index < -0.39 is 0 Å². The molecule has 0 spiro atoms. The van der Waals surface area contributed by atoms with Crippen molar-refractivity contribution >= 4 is 16.8 Å². The zero-order valence-electron chi connectivity index (χ0n) is 15.7. The van der Waals surface area contributed by atoms with Gasteiger partial charge in [0, 0.05) is 36.1 Å². The number of nitriles is 1. The molecule has 1 aromatic heterocycles. The van der Waals surface area contributed by atoms with Gasteiger partial charge in [-0.3, -0.25) is 4.79 Å². The van der Waals surface area contributed by atoms with Crippen molar-refractivity contribution in [1.29, 1.82) is 5.26 Å². The number of piperidine rings is 1. The normalized spacial score (nSPS) is 26.5. The summed E-state index contributed by atoms with van der Waals surface area (Å²) in [6.45, 7) is 5.02. The lowest BCUT2D eigenvalue weighted by molar-refractivity contribution is -0.138. The molecule has 0 radical (unpaired) electrons. The number of carbonyl (C=O) groups excluding carboxylic acids is 1. The number of aromatic nitrogens is 1. The summed E-state index contributed by atoms with van der Waals surface area (Å²) in [4.78, 5) is 18.5. The van der Waals surface area contributed by atoms with Gasteiger partial charge in [0.05, 0.1) is 11.5 Å². The van der Waals surface area contributed by atoms with Gasteiger partial charge >= 0.3 is 0 Å². The molecular weight excluding hydrogens is 322 g/mol. The molecule has 2 heterocycles. The summed E-state index contributed by atoms with van der Waals surface area (Å²) < 4.78 is 0. The number of carbonyl (C=O) groups is 1. The molecule has 1 aliphatic carbocycles. The molecule has 4 heteroatoms. The maximum atomic E-state index is 13.1. The molecule has 4 nitrogen and oxygen atoms in total. The lowest BCUT2D eigenvalue weighted by Gasteiger charge is -2.47. The van der Waals surface area contributed by atoms with Crippen LogP contribution >= 0.6 is 0 Å². The number of nitrogens with zero attached hydrogens (tertiary/aromatic N) is 2. The van der Waals surface area contributed by atoms with E-state index in [9.17, 15) is 10.1 Å². The molecule has 1 saturated carbocycles. The third kappa shape index (κ3) is 2.80. The molecule has 1 aromatic carbocycles. The lowest BCUT2D eigenvalue weighted by atomic mass is 9.68. The zero-order valence-corrected chi connectivity index (χ0v) is 15.7. The third-order valence-electron chi connectivity index (χ3n) is 6.60. The van der Waals surface area contributed by atoms with Gasteiger partial charge in [0.2, 0.25) is 5.91 Å². The molecule has 3 atom stereocenters. The first kappa shape index (κ1) is 17.1. The summed E-state index contributed by atoms with van der Waals surface area (Å²) in [7, 11) is 0. The molecular formula is C22H27N3O. The fourth-order valence-corrected chi connectivity index (χ4v) is 5.10. The summed E-state index contributed by atoms with van der Waals surface area (Å²) in [5, 5.41) is 10.8. The second-order valence-electron chi connectivity index (χ2n) is 8.33. The molecule has 2 aromatic rings. The molecule has 2 aliphatic rings. The minimum atomic E-state index is -0.167. The highest BCUT2D eigenvalue weighted by Gasteiger charge is 2.44. The van der Waals surface area contributed by atoms with Crippen molar-refractivity contribution in [3.05, 3.63) is 35.5 Å². The van der Waals surface area contributed by atoms with Crippen LogP contribution in [0.1, 0.15) is 62.5 Å². The van der Waals surface area contributed by atoms with E-state index in [0.29, 0.717) is 6.42 Å². The number of hydrogen-bond donors (Lipinski definition) is 1. The number of likely N-dealkylation sites (tertiary alicyclic amines) is 1. The molecule has 2 fully saturated rings. The summed E-state index contributed by atoms with van der Waals surface area (Å²) in [6, 6.07) is 9.10. The minimum absolute atomic E-state index is 0.167. The van der Waals surface area contributed by atoms with Gasteiger partial charge in [-0.05, 0) is 62.1 Å². The fraction of sp³-hybridized carbons (Fsp3) is 0.545. The Morgan fingerprint density at radius 3 is 3.12 bits per heavy atom. The van der Waals surface area contributed by atoms with Crippen molar-refractivity contribution in [3.63, 3.8) is 0 Å². The standard InChI is InChI=1S/C22H27N3O/c1-15-5-3-7-19-21(15)18(13-24-19)16(2)11-20(26)25-10-9-22(14-23)8-4-6-17(25)12-22/h3,5,7,13,16-17,24H,4,6,8-12H2,1-2H3. The molecule has 136 valence electrons. The summed E-state index contributed by atoms with van der Waals surface area (Å²) in [5.74, 6) is 0.433. The first-order valence-electron chi connectivity index (χ1n) is 9.80. The fourth-order valence-electron chi connectivity index (χ4n) is 5.10. The second kappa shape index (κ2) is 6.46. The van der Waals surface area contributed by atoms with E-state index in [1.807, 2.05) is 0 Å². The highest BCUT2D eigenvalue weighted by Crippen LogP contribution is 2.44. The van der Waals surface area contributed by atoms with E-state index in [0.717, 1.165) is 44.2 Å². The largest absolute Gasteiger partial charge is 0.361 e. The van der Waals surface area contributed by atoms with Crippen molar-refractivity contribution in [2.45, 2.75) is 64.3 Å². The van der Waals surface area contributed by atoms with Crippen molar-refractivity contribution < 1.29 is 4.79 Å². The predicted octanol–water partition coefficient (Wildman–Crippen LogP) is 4.65. The SMILES string of the molecule is Cc1cccc2[nH]cc(C(C)CC(=O)N3CCC4(C#N)CCCC3C4)c12. The Balaban J connectivity index is 1.50.